The number of rotatable bonds is 5. The molecule has 0 amide bonds. The number of hydrogen-bond donors (Lipinski definition) is 2. The Morgan fingerprint density at radius 2 is 1.48 bits per heavy atom. The van der Waals surface area contributed by atoms with Crippen molar-refractivity contribution >= 4 is 58.7 Å². The van der Waals surface area contributed by atoms with Crippen molar-refractivity contribution in [2.24, 2.45) is 0 Å². The van der Waals surface area contributed by atoms with Crippen molar-refractivity contribution in [2.45, 2.75) is 4.21 Å². The first-order chi connectivity index (χ1) is 9.67. The average molecular weight is 411 g/mol. The van der Waals surface area contributed by atoms with Crippen molar-refractivity contribution < 1.29 is 16.8 Å². The van der Waals surface area contributed by atoms with Crippen LogP contribution in [0, 0.1) is 0 Å². The van der Waals surface area contributed by atoms with Gasteiger partial charge in [0.2, 0.25) is 10.0 Å². The van der Waals surface area contributed by atoms with E-state index in [0.717, 1.165) is 17.6 Å². The van der Waals surface area contributed by atoms with Crippen LogP contribution >= 0.6 is 27.3 Å². The first-order valence-corrected chi connectivity index (χ1v) is 10.6. The summed E-state index contributed by atoms with van der Waals surface area (Å²) in [4.78, 5) is 0. The fourth-order valence-electron chi connectivity index (χ4n) is 1.49. The zero-order chi connectivity index (χ0) is 15.7. The molecule has 2 N–H and O–H groups in total. The molecular formula is C11H11BrN2O4S3. The third-order valence-corrected chi connectivity index (χ3v) is 6.93. The fraction of sp³-hybridized carbons (Fsp3) is 0.0909. The molecule has 0 radical (unpaired) electrons. The van der Waals surface area contributed by atoms with E-state index in [2.05, 4.69) is 25.4 Å². The lowest BCUT2D eigenvalue weighted by Gasteiger charge is -2.08. The molecule has 0 saturated heterocycles. The average Bonchev–Trinajstić information content (AvgIpc) is 2.77. The standard InChI is InChI=1S/C11H11BrN2O4S3/c1-20(15,16)13-8-2-4-9(5-3-8)14-21(17,18)11-10(12)6-7-19-11/h2-7,13-14H,1H3. The molecule has 21 heavy (non-hydrogen) atoms. The third-order valence-electron chi connectivity index (χ3n) is 2.27. The Bertz CT molecular complexity index is 842. The molecule has 114 valence electrons. The molecule has 2 rings (SSSR count). The summed E-state index contributed by atoms with van der Waals surface area (Å²) >= 11 is 4.27. The largest absolute Gasteiger partial charge is 0.284 e. The lowest BCUT2D eigenvalue weighted by Crippen LogP contribution is -2.12. The van der Waals surface area contributed by atoms with Gasteiger partial charge in [0.25, 0.3) is 10.0 Å². The number of nitrogens with one attached hydrogen (secondary N) is 2. The first kappa shape index (κ1) is 16.3. The van der Waals surface area contributed by atoms with Crippen molar-refractivity contribution in [1.29, 1.82) is 0 Å². The minimum absolute atomic E-state index is 0.181. The molecular weight excluding hydrogens is 400 g/mol. The summed E-state index contributed by atoms with van der Waals surface area (Å²) in [5, 5.41) is 1.66. The Morgan fingerprint density at radius 1 is 0.952 bits per heavy atom. The Labute approximate surface area is 135 Å². The summed E-state index contributed by atoms with van der Waals surface area (Å²) in [6.45, 7) is 0. The Balaban J connectivity index is 2.19. The minimum atomic E-state index is -3.67. The molecule has 0 unspecified atom stereocenters. The molecule has 6 nitrogen and oxygen atoms in total. The van der Waals surface area contributed by atoms with Gasteiger partial charge in [-0.05, 0) is 51.6 Å². The van der Waals surface area contributed by atoms with Crippen molar-refractivity contribution in [3.05, 3.63) is 40.2 Å². The summed E-state index contributed by atoms with van der Waals surface area (Å²) in [5.74, 6) is 0. The van der Waals surface area contributed by atoms with Gasteiger partial charge in [0.1, 0.15) is 0 Å². The van der Waals surface area contributed by atoms with Gasteiger partial charge in [0.05, 0.1) is 6.26 Å². The summed E-state index contributed by atoms with van der Waals surface area (Å²) in [7, 11) is -7.03. The predicted molar refractivity (Wildman–Crippen MR) is 87.7 cm³/mol. The second kappa shape index (κ2) is 5.95. The van der Waals surface area contributed by atoms with E-state index in [9.17, 15) is 16.8 Å². The highest BCUT2D eigenvalue weighted by Crippen LogP contribution is 2.29. The maximum Gasteiger partial charge on any atom is 0.272 e. The Morgan fingerprint density at radius 3 is 1.90 bits per heavy atom. The van der Waals surface area contributed by atoms with E-state index in [0.29, 0.717) is 15.8 Å². The SMILES string of the molecule is CS(=O)(=O)Nc1ccc(NS(=O)(=O)c2sccc2Br)cc1. The number of halogens is 1. The van der Waals surface area contributed by atoms with Gasteiger partial charge in [-0.2, -0.15) is 0 Å². The van der Waals surface area contributed by atoms with Crippen molar-refractivity contribution in [1.82, 2.24) is 0 Å². The first-order valence-electron chi connectivity index (χ1n) is 5.51. The molecule has 0 fully saturated rings. The molecule has 10 heteroatoms. The highest BCUT2D eigenvalue weighted by molar-refractivity contribution is 9.10. The van der Waals surface area contributed by atoms with Gasteiger partial charge in [0.15, 0.2) is 4.21 Å². The molecule has 0 aliphatic heterocycles. The predicted octanol–water partition coefficient (Wildman–Crippen LogP) is 2.68. The van der Waals surface area contributed by atoms with Gasteiger partial charge in [0, 0.05) is 15.8 Å². The van der Waals surface area contributed by atoms with E-state index in [-0.39, 0.29) is 4.21 Å². The van der Waals surface area contributed by atoms with Crippen LogP contribution in [0.3, 0.4) is 0 Å². The van der Waals surface area contributed by atoms with Gasteiger partial charge in [-0.1, -0.05) is 0 Å². The van der Waals surface area contributed by atoms with Gasteiger partial charge in [-0.15, -0.1) is 11.3 Å². The summed E-state index contributed by atoms with van der Waals surface area (Å²) in [6, 6.07) is 7.56. The monoisotopic (exact) mass is 410 g/mol. The van der Waals surface area contributed by atoms with Crippen molar-refractivity contribution in [3.63, 3.8) is 0 Å². The topological polar surface area (TPSA) is 92.3 Å². The summed E-state index contributed by atoms with van der Waals surface area (Å²) < 4.78 is 51.9. The lowest BCUT2D eigenvalue weighted by molar-refractivity contribution is 0.602. The van der Waals surface area contributed by atoms with Gasteiger partial charge in [-0.3, -0.25) is 9.44 Å². The number of hydrogen-bond acceptors (Lipinski definition) is 5. The zero-order valence-electron chi connectivity index (χ0n) is 10.7. The van der Waals surface area contributed by atoms with Crippen LogP contribution in [0.2, 0.25) is 0 Å². The smallest absolute Gasteiger partial charge is 0.272 e. The molecule has 0 spiro atoms. The normalized spacial score (nSPS) is 12.1. The van der Waals surface area contributed by atoms with Crippen LogP contribution in [0.1, 0.15) is 0 Å². The second-order valence-electron chi connectivity index (χ2n) is 4.11. The maximum atomic E-state index is 12.2. The van der Waals surface area contributed by atoms with E-state index < -0.39 is 20.0 Å². The van der Waals surface area contributed by atoms with Gasteiger partial charge < -0.3 is 0 Å². The number of sulfonamides is 2. The van der Waals surface area contributed by atoms with Crippen molar-refractivity contribution in [2.75, 3.05) is 15.7 Å². The molecule has 1 aromatic carbocycles. The highest BCUT2D eigenvalue weighted by Gasteiger charge is 2.19. The van der Waals surface area contributed by atoms with Gasteiger partial charge >= 0.3 is 0 Å². The maximum absolute atomic E-state index is 12.2. The molecule has 2 aromatic rings. The van der Waals surface area contributed by atoms with E-state index in [1.165, 1.54) is 24.3 Å². The van der Waals surface area contributed by atoms with Crippen LogP contribution in [-0.4, -0.2) is 23.1 Å². The number of benzene rings is 1. The quantitative estimate of drug-likeness (QED) is 0.792. The molecule has 0 saturated carbocycles. The number of thiophene rings is 1. The molecule has 1 heterocycles. The minimum Gasteiger partial charge on any atom is -0.284 e. The molecule has 0 aliphatic rings. The lowest BCUT2D eigenvalue weighted by atomic mass is 10.3. The summed E-state index contributed by atoms with van der Waals surface area (Å²) in [5.41, 5.74) is 0.701. The summed E-state index contributed by atoms with van der Waals surface area (Å²) in [6.07, 6.45) is 1.04. The second-order valence-corrected chi connectivity index (χ2v) is 9.51. The molecule has 0 aliphatic carbocycles. The zero-order valence-corrected chi connectivity index (χ0v) is 14.7. The van der Waals surface area contributed by atoms with Crippen LogP contribution in [0.25, 0.3) is 0 Å². The van der Waals surface area contributed by atoms with Crippen LogP contribution < -0.4 is 9.44 Å². The Hall–Kier alpha value is -1.10. The van der Waals surface area contributed by atoms with Crippen LogP contribution in [-0.2, 0) is 20.0 Å². The fourth-order valence-corrected chi connectivity index (χ4v) is 5.46. The number of anilines is 2. The Kier molecular flexibility index (Phi) is 4.61. The molecule has 0 bridgehead atoms. The van der Waals surface area contributed by atoms with E-state index in [1.807, 2.05) is 0 Å². The van der Waals surface area contributed by atoms with Crippen LogP contribution in [0.4, 0.5) is 11.4 Å². The van der Waals surface area contributed by atoms with Crippen LogP contribution in [0.5, 0.6) is 0 Å². The third kappa shape index (κ3) is 4.43. The molecule has 0 atom stereocenters. The van der Waals surface area contributed by atoms with E-state index in [1.54, 1.807) is 11.4 Å². The van der Waals surface area contributed by atoms with Crippen LogP contribution in [0.15, 0.2) is 44.4 Å². The van der Waals surface area contributed by atoms with Crippen molar-refractivity contribution in [3.8, 4) is 0 Å². The molecule has 1 aromatic heterocycles. The van der Waals surface area contributed by atoms with E-state index in [4.69, 9.17) is 0 Å². The van der Waals surface area contributed by atoms with E-state index >= 15 is 0 Å². The van der Waals surface area contributed by atoms with Gasteiger partial charge in [-0.25, -0.2) is 16.8 Å². The highest BCUT2D eigenvalue weighted by atomic mass is 79.9.